The van der Waals surface area contributed by atoms with Crippen molar-refractivity contribution in [3.63, 3.8) is 0 Å². The van der Waals surface area contributed by atoms with Crippen LogP contribution in [0.2, 0.25) is 0 Å². The zero-order valence-electron chi connectivity index (χ0n) is 29.6. The highest BCUT2D eigenvalue weighted by atomic mass is 32.2. The summed E-state index contributed by atoms with van der Waals surface area (Å²) in [6.45, 7) is 14.6. The number of hydrogen-bond donors (Lipinski definition) is 3. The van der Waals surface area contributed by atoms with E-state index in [4.69, 9.17) is 0 Å². The third-order valence-electron chi connectivity index (χ3n) is 9.38. The van der Waals surface area contributed by atoms with Gasteiger partial charge in [0.1, 0.15) is 5.78 Å². The van der Waals surface area contributed by atoms with Crippen LogP contribution in [0.3, 0.4) is 0 Å². The van der Waals surface area contributed by atoms with E-state index in [0.29, 0.717) is 5.57 Å². The average molecular weight is 677 g/mol. The van der Waals surface area contributed by atoms with Gasteiger partial charge in [-0.15, -0.1) is 0 Å². The Morgan fingerprint density at radius 3 is 1.92 bits per heavy atom. The highest BCUT2D eigenvalue weighted by Crippen LogP contribution is 2.51. The molecule has 1 saturated carbocycles. The lowest BCUT2D eigenvalue weighted by Crippen LogP contribution is -2.41. The lowest BCUT2D eigenvalue weighted by molar-refractivity contribution is -0.130. The van der Waals surface area contributed by atoms with Crippen molar-refractivity contribution in [1.82, 2.24) is 0 Å². The van der Waals surface area contributed by atoms with E-state index in [1.165, 1.54) is 6.08 Å². The molecule has 2 rings (SSSR count). The van der Waals surface area contributed by atoms with Crippen LogP contribution in [0.4, 0.5) is 0 Å². The first kappa shape index (κ1) is 40.6. The Morgan fingerprint density at radius 1 is 0.854 bits per heavy atom. The summed E-state index contributed by atoms with van der Waals surface area (Å²) in [7, 11) is -4.13. The zero-order chi connectivity index (χ0) is 36.3. The van der Waals surface area contributed by atoms with E-state index in [1.807, 2.05) is 96.2 Å². The average Bonchev–Trinajstić information content (AvgIpc) is 3.24. The molecule has 8 heteroatoms. The maximum absolute atomic E-state index is 13.0. The second kappa shape index (κ2) is 17.2. The van der Waals surface area contributed by atoms with Crippen LogP contribution in [0.5, 0.6) is 0 Å². The highest BCUT2D eigenvalue weighted by molar-refractivity contribution is 7.86. The molecule has 0 aliphatic heterocycles. The van der Waals surface area contributed by atoms with E-state index in [0.717, 1.165) is 27.9 Å². The van der Waals surface area contributed by atoms with Crippen LogP contribution in [0.1, 0.15) is 81.1 Å². The number of aliphatic hydroxyl groups excluding tert-OH is 2. The summed E-state index contributed by atoms with van der Waals surface area (Å²) >= 11 is 0. The lowest BCUT2D eigenvalue weighted by atomic mass is 9.66. The molecule has 0 saturated heterocycles. The molecule has 0 bridgehead atoms. The minimum Gasteiger partial charge on any atom is -0.396 e. The Balaban J connectivity index is 1.98. The third kappa shape index (κ3) is 11.2. The number of rotatable bonds is 12. The number of allylic oxidation sites excluding steroid dienone is 17. The molecular formula is C40H52O7S. The van der Waals surface area contributed by atoms with Gasteiger partial charge >= 0.3 is 0 Å². The van der Waals surface area contributed by atoms with Gasteiger partial charge in [-0.25, -0.2) is 0 Å². The fourth-order valence-corrected chi connectivity index (χ4v) is 7.17. The Labute approximate surface area is 287 Å². The van der Waals surface area contributed by atoms with Gasteiger partial charge in [0.15, 0.2) is 5.78 Å². The Kier molecular flexibility index (Phi) is 14.5. The fourth-order valence-electron chi connectivity index (χ4n) is 6.08. The van der Waals surface area contributed by atoms with Crippen LogP contribution < -0.4 is 0 Å². The number of ketones is 2. The molecule has 0 heterocycles. The maximum Gasteiger partial charge on any atom is 0.268 e. The predicted molar refractivity (Wildman–Crippen MR) is 194 cm³/mol. The molecule has 7 nitrogen and oxygen atoms in total. The van der Waals surface area contributed by atoms with Crippen molar-refractivity contribution in [3.8, 4) is 11.8 Å². The van der Waals surface area contributed by atoms with Crippen molar-refractivity contribution in [1.29, 1.82) is 0 Å². The Morgan fingerprint density at radius 2 is 1.40 bits per heavy atom. The van der Waals surface area contributed by atoms with Gasteiger partial charge in [-0.2, -0.15) is 8.42 Å². The van der Waals surface area contributed by atoms with Crippen molar-refractivity contribution in [2.24, 2.45) is 16.2 Å². The molecule has 0 spiro atoms. The van der Waals surface area contributed by atoms with Crippen molar-refractivity contribution in [2.45, 2.75) is 86.3 Å². The summed E-state index contributed by atoms with van der Waals surface area (Å²) < 4.78 is 32.9. The molecule has 1 fully saturated rings. The van der Waals surface area contributed by atoms with Crippen molar-refractivity contribution in [2.75, 3.05) is 13.2 Å². The Hall–Kier alpha value is -3.61. The molecule has 48 heavy (non-hydrogen) atoms. The zero-order valence-corrected chi connectivity index (χ0v) is 30.4. The summed E-state index contributed by atoms with van der Waals surface area (Å²) in [6.07, 6.45) is 23.2. The molecule has 0 aromatic carbocycles. The summed E-state index contributed by atoms with van der Waals surface area (Å²) in [5.41, 5.74) is 2.94. The fraction of sp³-hybridized carbons (Fsp3) is 0.450. The second-order valence-electron chi connectivity index (χ2n) is 14.2. The van der Waals surface area contributed by atoms with Gasteiger partial charge in [0.2, 0.25) is 0 Å². The van der Waals surface area contributed by atoms with Crippen LogP contribution in [0, 0.1) is 28.1 Å². The third-order valence-corrected chi connectivity index (χ3v) is 10.6. The van der Waals surface area contributed by atoms with Gasteiger partial charge in [-0.3, -0.25) is 14.1 Å². The first-order valence-electron chi connectivity index (χ1n) is 16.2. The minimum absolute atomic E-state index is 0.00670. The van der Waals surface area contributed by atoms with Gasteiger partial charge in [0, 0.05) is 41.4 Å². The number of carbonyl (C=O) groups excluding carboxylic acids is 2. The quantitative estimate of drug-likeness (QED) is 0.0856. The first-order chi connectivity index (χ1) is 22.3. The van der Waals surface area contributed by atoms with E-state index in [2.05, 4.69) is 11.8 Å². The van der Waals surface area contributed by atoms with Crippen LogP contribution >= 0.6 is 0 Å². The topological polar surface area (TPSA) is 129 Å². The van der Waals surface area contributed by atoms with Crippen LogP contribution in [-0.4, -0.2) is 53.2 Å². The summed E-state index contributed by atoms with van der Waals surface area (Å²) in [5, 5.41) is 18.8. The van der Waals surface area contributed by atoms with Crippen molar-refractivity contribution >= 4 is 21.7 Å². The van der Waals surface area contributed by atoms with E-state index in [1.54, 1.807) is 26.0 Å². The monoisotopic (exact) mass is 676 g/mol. The normalized spacial score (nSPS) is 26.4. The van der Waals surface area contributed by atoms with E-state index in [-0.39, 0.29) is 50.5 Å². The Bertz CT molecular complexity index is 1690. The molecule has 0 aromatic rings. The summed E-state index contributed by atoms with van der Waals surface area (Å²) in [5.74, 6) is 6.02. The molecule has 2 aliphatic rings. The SMILES string of the molecule is CC(C=CC=C(C)C=CC(=O)C1(C)CC(=O)CC1(C)CO)=CC=CC=C(C)C=CC=C(C#CC1=C(C)CC(S(=O)(=O)O)CC1(C)C)CO. The van der Waals surface area contributed by atoms with Gasteiger partial charge in [0.25, 0.3) is 10.1 Å². The lowest BCUT2D eigenvalue weighted by Gasteiger charge is -2.36. The second-order valence-corrected chi connectivity index (χ2v) is 15.9. The van der Waals surface area contributed by atoms with Crippen molar-refractivity contribution in [3.05, 3.63) is 106 Å². The van der Waals surface area contributed by atoms with Crippen molar-refractivity contribution < 1.29 is 32.8 Å². The largest absolute Gasteiger partial charge is 0.396 e. The summed E-state index contributed by atoms with van der Waals surface area (Å²) in [6, 6.07) is 0. The molecule has 3 unspecified atom stereocenters. The molecule has 3 N–H and O–H groups in total. The van der Waals surface area contributed by atoms with Crippen LogP contribution in [0.15, 0.2) is 106 Å². The van der Waals surface area contributed by atoms with Gasteiger partial charge < -0.3 is 10.2 Å². The molecule has 3 atom stereocenters. The van der Waals surface area contributed by atoms with Gasteiger partial charge in [-0.05, 0) is 58.1 Å². The van der Waals surface area contributed by atoms with E-state index in [9.17, 15) is 32.8 Å². The molecule has 260 valence electrons. The molecule has 0 aromatic heterocycles. The van der Waals surface area contributed by atoms with Crippen LogP contribution in [0.25, 0.3) is 0 Å². The maximum atomic E-state index is 13.0. The number of carbonyl (C=O) groups is 2. The molecule has 0 amide bonds. The van der Waals surface area contributed by atoms with E-state index >= 15 is 0 Å². The highest BCUT2D eigenvalue weighted by Gasteiger charge is 2.55. The number of hydrogen-bond acceptors (Lipinski definition) is 6. The molecule has 0 radical (unpaired) electrons. The number of aliphatic hydroxyl groups is 2. The first-order valence-corrected chi connectivity index (χ1v) is 17.7. The standard InChI is InChI=1S/C40H52O7S/c1-29(15-11-16-31(3)19-22-37(44)40(8)25-34(43)24-39(40,7)28-42)13-9-10-14-30(2)17-12-18-33(27-41)20-21-36-32(4)23-35(48(45,46)47)26-38(36,5)6/h9-19,22,35,41-42H,23-28H2,1-8H3,(H,45,46,47). The minimum atomic E-state index is -4.13. The number of Topliss-reactive ketones (excluding diaryl/α,β-unsaturated/α-hetero) is 1. The molecular weight excluding hydrogens is 625 g/mol. The van der Waals surface area contributed by atoms with Gasteiger partial charge in [-0.1, -0.05) is 123 Å². The molecule has 2 aliphatic carbocycles. The van der Waals surface area contributed by atoms with Crippen LogP contribution in [-0.2, 0) is 19.7 Å². The summed E-state index contributed by atoms with van der Waals surface area (Å²) in [4.78, 5) is 25.0. The predicted octanol–water partition coefficient (Wildman–Crippen LogP) is 7.30. The van der Waals surface area contributed by atoms with Gasteiger partial charge in [0.05, 0.1) is 11.9 Å². The van der Waals surface area contributed by atoms with E-state index < -0.39 is 31.6 Å². The smallest absolute Gasteiger partial charge is 0.268 e.